The van der Waals surface area contributed by atoms with Gasteiger partial charge in [-0.15, -0.1) is 0 Å². The summed E-state index contributed by atoms with van der Waals surface area (Å²) >= 11 is 0. The molecule has 1 atom stereocenters. The molecule has 1 N–H and O–H groups in total. The molecule has 0 aliphatic carbocycles. The predicted molar refractivity (Wildman–Crippen MR) is 100 cm³/mol. The summed E-state index contributed by atoms with van der Waals surface area (Å²) in [6, 6.07) is 14.8. The molecule has 6 nitrogen and oxygen atoms in total. The average molecular weight is 349 g/mol. The van der Waals surface area contributed by atoms with Gasteiger partial charge in [-0.25, -0.2) is 0 Å². The van der Waals surface area contributed by atoms with Gasteiger partial charge in [0.15, 0.2) is 0 Å². The number of carbonyl (C=O) groups excluding carboxylic acids is 1. The van der Waals surface area contributed by atoms with Gasteiger partial charge in [0.2, 0.25) is 5.91 Å². The van der Waals surface area contributed by atoms with Crippen LogP contribution in [-0.4, -0.2) is 52.9 Å². The molecule has 1 aromatic heterocycles. The molecular weight excluding hydrogens is 326 g/mol. The molecule has 0 spiro atoms. The van der Waals surface area contributed by atoms with Gasteiger partial charge in [-0.3, -0.25) is 19.6 Å². The van der Waals surface area contributed by atoms with Crippen LogP contribution in [0, 0.1) is 11.3 Å². The molecule has 0 saturated carbocycles. The summed E-state index contributed by atoms with van der Waals surface area (Å²) in [6.07, 6.45) is 1.82. The van der Waals surface area contributed by atoms with Gasteiger partial charge in [0, 0.05) is 44.6 Å². The van der Waals surface area contributed by atoms with Crippen molar-refractivity contribution in [2.75, 3.05) is 31.5 Å². The molecule has 1 saturated heterocycles. The zero-order valence-electron chi connectivity index (χ0n) is 14.9. The number of rotatable bonds is 5. The smallest absolute Gasteiger partial charge is 0.241 e. The maximum absolute atomic E-state index is 12.5. The molecule has 3 rings (SSSR count). The lowest BCUT2D eigenvalue weighted by Crippen LogP contribution is -2.52. The van der Waals surface area contributed by atoms with Crippen LogP contribution in [0.5, 0.6) is 0 Å². The fourth-order valence-corrected chi connectivity index (χ4v) is 3.11. The van der Waals surface area contributed by atoms with E-state index >= 15 is 0 Å². The van der Waals surface area contributed by atoms with Crippen LogP contribution in [0.1, 0.15) is 18.2 Å². The monoisotopic (exact) mass is 349 g/mol. The van der Waals surface area contributed by atoms with Gasteiger partial charge < -0.3 is 5.32 Å². The standard InChI is InChI=1S/C20H23N5O/c1-16(20(26)23-18-7-4-5-17(13-18)14-21)25-11-9-24(10-12-25)15-19-6-2-3-8-22-19/h2-8,13,16H,9-12,15H2,1H3,(H,23,26). The number of aromatic nitrogens is 1. The summed E-state index contributed by atoms with van der Waals surface area (Å²) in [5, 5.41) is 11.9. The third kappa shape index (κ3) is 4.66. The number of hydrogen-bond donors (Lipinski definition) is 1. The van der Waals surface area contributed by atoms with Crippen LogP contribution in [0.4, 0.5) is 5.69 Å². The van der Waals surface area contributed by atoms with E-state index in [1.54, 1.807) is 24.3 Å². The molecule has 26 heavy (non-hydrogen) atoms. The van der Waals surface area contributed by atoms with Crippen molar-refractivity contribution in [2.24, 2.45) is 0 Å². The minimum atomic E-state index is -0.210. The first kappa shape index (κ1) is 18.1. The molecule has 134 valence electrons. The van der Waals surface area contributed by atoms with E-state index in [2.05, 4.69) is 26.2 Å². The number of pyridine rings is 1. The van der Waals surface area contributed by atoms with E-state index in [-0.39, 0.29) is 11.9 Å². The summed E-state index contributed by atoms with van der Waals surface area (Å²) < 4.78 is 0. The third-order valence-electron chi connectivity index (χ3n) is 4.71. The first-order valence-corrected chi connectivity index (χ1v) is 8.83. The van der Waals surface area contributed by atoms with Crippen molar-refractivity contribution in [3.8, 4) is 6.07 Å². The lowest BCUT2D eigenvalue weighted by Gasteiger charge is -2.37. The molecule has 6 heteroatoms. The Labute approximate surface area is 154 Å². The number of anilines is 1. The molecule has 1 fully saturated rings. The second-order valence-electron chi connectivity index (χ2n) is 6.49. The molecule has 0 bridgehead atoms. The Kier molecular flexibility index (Phi) is 5.95. The Bertz CT molecular complexity index is 778. The van der Waals surface area contributed by atoms with Crippen LogP contribution in [-0.2, 0) is 11.3 Å². The van der Waals surface area contributed by atoms with Gasteiger partial charge in [0.25, 0.3) is 0 Å². The topological polar surface area (TPSA) is 72.3 Å². The van der Waals surface area contributed by atoms with Crippen molar-refractivity contribution < 1.29 is 4.79 Å². The van der Waals surface area contributed by atoms with Crippen LogP contribution in [0.15, 0.2) is 48.7 Å². The van der Waals surface area contributed by atoms with Crippen molar-refractivity contribution in [3.05, 3.63) is 59.9 Å². The maximum Gasteiger partial charge on any atom is 0.241 e. The predicted octanol–water partition coefficient (Wildman–Crippen LogP) is 2.10. The van der Waals surface area contributed by atoms with Crippen molar-refractivity contribution in [1.29, 1.82) is 5.26 Å². The van der Waals surface area contributed by atoms with Crippen LogP contribution in [0.25, 0.3) is 0 Å². The molecule has 0 radical (unpaired) electrons. The highest BCUT2D eigenvalue weighted by Crippen LogP contribution is 2.13. The second kappa shape index (κ2) is 8.56. The number of benzene rings is 1. The lowest BCUT2D eigenvalue weighted by molar-refractivity contribution is -0.121. The Morgan fingerprint density at radius 2 is 2.04 bits per heavy atom. The molecular formula is C20H23N5O. The van der Waals surface area contributed by atoms with Gasteiger partial charge in [0.05, 0.1) is 23.4 Å². The van der Waals surface area contributed by atoms with E-state index in [1.807, 2.05) is 31.3 Å². The lowest BCUT2D eigenvalue weighted by atomic mass is 10.2. The molecule has 1 aliphatic heterocycles. The van der Waals surface area contributed by atoms with E-state index in [0.717, 1.165) is 38.4 Å². The number of carbonyl (C=O) groups is 1. The van der Waals surface area contributed by atoms with Gasteiger partial charge in [-0.1, -0.05) is 12.1 Å². The SMILES string of the molecule is CC(C(=O)Nc1cccc(C#N)c1)N1CCN(Cc2ccccn2)CC1. The largest absolute Gasteiger partial charge is 0.325 e. The highest BCUT2D eigenvalue weighted by molar-refractivity contribution is 5.94. The van der Waals surface area contributed by atoms with Gasteiger partial charge in [0.1, 0.15) is 0 Å². The van der Waals surface area contributed by atoms with E-state index < -0.39 is 0 Å². The van der Waals surface area contributed by atoms with Crippen LogP contribution < -0.4 is 5.32 Å². The Morgan fingerprint density at radius 1 is 1.23 bits per heavy atom. The highest BCUT2D eigenvalue weighted by atomic mass is 16.2. The minimum absolute atomic E-state index is 0.0433. The van der Waals surface area contributed by atoms with E-state index in [9.17, 15) is 4.79 Å². The Morgan fingerprint density at radius 3 is 2.73 bits per heavy atom. The second-order valence-corrected chi connectivity index (χ2v) is 6.49. The third-order valence-corrected chi connectivity index (χ3v) is 4.71. The number of nitrogens with one attached hydrogen (secondary N) is 1. The highest BCUT2D eigenvalue weighted by Gasteiger charge is 2.25. The quantitative estimate of drug-likeness (QED) is 0.895. The maximum atomic E-state index is 12.5. The normalized spacial score (nSPS) is 16.6. The zero-order chi connectivity index (χ0) is 18.4. The number of hydrogen-bond acceptors (Lipinski definition) is 5. The number of amides is 1. The van der Waals surface area contributed by atoms with Crippen LogP contribution in [0.2, 0.25) is 0 Å². The molecule has 1 unspecified atom stereocenters. The van der Waals surface area contributed by atoms with Crippen molar-refractivity contribution in [1.82, 2.24) is 14.8 Å². The minimum Gasteiger partial charge on any atom is -0.325 e. The number of nitriles is 1. The number of nitrogens with zero attached hydrogens (tertiary/aromatic N) is 4. The summed E-state index contributed by atoms with van der Waals surface area (Å²) in [5.41, 5.74) is 2.28. The fourth-order valence-electron chi connectivity index (χ4n) is 3.11. The van der Waals surface area contributed by atoms with Crippen molar-refractivity contribution in [3.63, 3.8) is 0 Å². The Balaban J connectivity index is 1.50. The first-order valence-electron chi connectivity index (χ1n) is 8.83. The molecule has 1 aliphatic rings. The van der Waals surface area contributed by atoms with E-state index in [0.29, 0.717) is 11.3 Å². The van der Waals surface area contributed by atoms with Crippen molar-refractivity contribution >= 4 is 11.6 Å². The van der Waals surface area contributed by atoms with Gasteiger partial charge in [-0.05, 0) is 37.3 Å². The summed E-state index contributed by atoms with van der Waals surface area (Å²) in [7, 11) is 0. The molecule has 2 aromatic rings. The summed E-state index contributed by atoms with van der Waals surface area (Å²) in [4.78, 5) is 21.5. The first-order chi connectivity index (χ1) is 12.7. The van der Waals surface area contributed by atoms with Crippen LogP contribution in [0.3, 0.4) is 0 Å². The van der Waals surface area contributed by atoms with E-state index in [4.69, 9.17) is 5.26 Å². The molecule has 1 amide bonds. The van der Waals surface area contributed by atoms with E-state index in [1.165, 1.54) is 0 Å². The summed E-state index contributed by atoms with van der Waals surface area (Å²) in [6.45, 7) is 6.30. The Hall–Kier alpha value is -2.75. The molecule has 1 aromatic carbocycles. The number of piperazine rings is 1. The summed E-state index contributed by atoms with van der Waals surface area (Å²) in [5.74, 6) is -0.0433. The fraction of sp³-hybridized carbons (Fsp3) is 0.350. The van der Waals surface area contributed by atoms with Gasteiger partial charge in [-0.2, -0.15) is 5.26 Å². The zero-order valence-corrected chi connectivity index (χ0v) is 14.9. The van der Waals surface area contributed by atoms with Crippen molar-refractivity contribution in [2.45, 2.75) is 19.5 Å². The average Bonchev–Trinajstić information content (AvgIpc) is 2.69. The van der Waals surface area contributed by atoms with Crippen LogP contribution >= 0.6 is 0 Å². The van der Waals surface area contributed by atoms with Gasteiger partial charge >= 0.3 is 0 Å². The molecule has 2 heterocycles.